The summed E-state index contributed by atoms with van der Waals surface area (Å²) in [4.78, 5) is 11.9. The molecule has 0 radical (unpaired) electrons. The molecule has 5 nitrogen and oxygen atoms in total. The van der Waals surface area contributed by atoms with Crippen LogP contribution in [0.3, 0.4) is 0 Å². The van der Waals surface area contributed by atoms with Crippen LogP contribution in [0.25, 0.3) is 0 Å². The molecule has 1 aromatic rings. The lowest BCUT2D eigenvalue weighted by molar-refractivity contribution is -0.116. The number of aromatic nitrogens is 3. The second-order valence-electron chi connectivity index (χ2n) is 6.69. The fourth-order valence-electron chi connectivity index (χ4n) is 3.48. The largest absolute Gasteiger partial charge is 0.352 e. The molecule has 120 valence electrons. The number of aryl methyl sites for hydroxylation is 1. The van der Waals surface area contributed by atoms with E-state index in [-0.39, 0.29) is 5.91 Å². The van der Waals surface area contributed by atoms with Gasteiger partial charge in [-0.25, -0.2) is 0 Å². The molecule has 0 saturated heterocycles. The van der Waals surface area contributed by atoms with Gasteiger partial charge in [0, 0.05) is 32.0 Å². The van der Waals surface area contributed by atoms with E-state index in [4.69, 9.17) is 0 Å². The highest BCUT2D eigenvalue weighted by Gasteiger charge is 2.16. The van der Waals surface area contributed by atoms with Gasteiger partial charge >= 0.3 is 0 Å². The number of hydrogen-bond donors (Lipinski definition) is 1. The highest BCUT2D eigenvalue weighted by Crippen LogP contribution is 2.29. The number of carbonyl (C=O) groups is 1. The van der Waals surface area contributed by atoms with E-state index in [1.807, 2.05) is 0 Å². The smallest absolute Gasteiger partial charge is 0.243 e. The van der Waals surface area contributed by atoms with E-state index in [9.17, 15) is 4.79 Å². The first-order chi connectivity index (χ1) is 10.7. The molecule has 1 aromatic heterocycles. The van der Waals surface area contributed by atoms with Crippen molar-refractivity contribution in [1.29, 1.82) is 0 Å². The zero-order valence-electron chi connectivity index (χ0n) is 13.5. The van der Waals surface area contributed by atoms with Gasteiger partial charge in [-0.3, -0.25) is 4.79 Å². The molecule has 0 unspecified atom stereocenters. The second kappa shape index (κ2) is 7.07. The molecule has 1 amide bonds. The van der Waals surface area contributed by atoms with Crippen molar-refractivity contribution in [3.63, 3.8) is 0 Å². The average Bonchev–Trinajstić information content (AvgIpc) is 2.98. The molecule has 0 bridgehead atoms. The van der Waals surface area contributed by atoms with Crippen LogP contribution in [-0.4, -0.2) is 27.2 Å². The Morgan fingerprint density at radius 3 is 3.05 bits per heavy atom. The van der Waals surface area contributed by atoms with Gasteiger partial charge in [0.15, 0.2) is 0 Å². The average molecular weight is 302 g/mol. The van der Waals surface area contributed by atoms with Gasteiger partial charge in [0.25, 0.3) is 0 Å². The number of carbonyl (C=O) groups excluding carboxylic acids is 1. The number of rotatable bonds is 4. The van der Waals surface area contributed by atoms with Crippen LogP contribution in [0.15, 0.2) is 11.6 Å². The van der Waals surface area contributed by atoms with Crippen molar-refractivity contribution >= 4 is 5.91 Å². The van der Waals surface area contributed by atoms with Crippen molar-refractivity contribution in [2.24, 2.45) is 5.92 Å². The van der Waals surface area contributed by atoms with Crippen molar-refractivity contribution < 1.29 is 4.79 Å². The number of allylic oxidation sites excluding steroid dienone is 1. The van der Waals surface area contributed by atoms with E-state index in [1.165, 1.54) is 31.3 Å². The molecule has 1 aliphatic heterocycles. The molecule has 3 rings (SSSR count). The van der Waals surface area contributed by atoms with Gasteiger partial charge in [-0.05, 0) is 38.0 Å². The molecule has 0 aromatic carbocycles. The summed E-state index contributed by atoms with van der Waals surface area (Å²) in [5.74, 6) is 2.89. The fraction of sp³-hybridized carbons (Fsp3) is 0.706. The van der Waals surface area contributed by atoms with Crippen LogP contribution >= 0.6 is 0 Å². The van der Waals surface area contributed by atoms with E-state index in [0.29, 0.717) is 6.54 Å². The van der Waals surface area contributed by atoms with E-state index in [1.54, 1.807) is 6.08 Å². The molecule has 1 atom stereocenters. The van der Waals surface area contributed by atoms with Gasteiger partial charge in [-0.15, -0.1) is 10.2 Å². The third-order valence-electron chi connectivity index (χ3n) is 4.74. The van der Waals surface area contributed by atoms with Crippen molar-refractivity contribution in [2.75, 3.05) is 6.54 Å². The Bertz CT molecular complexity index is 561. The van der Waals surface area contributed by atoms with E-state index in [0.717, 1.165) is 49.8 Å². The van der Waals surface area contributed by atoms with Crippen LogP contribution < -0.4 is 5.32 Å². The third kappa shape index (κ3) is 3.76. The summed E-state index contributed by atoms with van der Waals surface area (Å²) in [6.07, 6.45) is 10.6. The van der Waals surface area contributed by atoms with Crippen LogP contribution in [-0.2, 0) is 24.2 Å². The molecule has 2 heterocycles. The van der Waals surface area contributed by atoms with E-state index in [2.05, 4.69) is 27.0 Å². The lowest BCUT2D eigenvalue weighted by Crippen LogP contribution is -2.25. The minimum absolute atomic E-state index is 0.0414. The molecule has 22 heavy (non-hydrogen) atoms. The Morgan fingerprint density at radius 2 is 2.23 bits per heavy atom. The summed E-state index contributed by atoms with van der Waals surface area (Å²) in [5.41, 5.74) is 1.29. The zero-order valence-corrected chi connectivity index (χ0v) is 13.5. The SMILES string of the molecule is C[C@@H]1CC/C(=C/C(=O)NCCc2nnc3n2CCCCC3)C1. The monoisotopic (exact) mass is 302 g/mol. The molecule has 2 aliphatic rings. The second-order valence-corrected chi connectivity index (χ2v) is 6.69. The Balaban J connectivity index is 1.49. The summed E-state index contributed by atoms with van der Waals surface area (Å²) in [6, 6.07) is 0. The number of fused-ring (bicyclic) bond motifs is 1. The molecule has 1 aliphatic carbocycles. The standard InChI is InChI=1S/C17H26N4O/c1-13-6-7-14(11-13)12-17(22)18-9-8-16-20-19-15-5-3-2-4-10-21(15)16/h12-13H,2-11H2,1H3,(H,18,22)/b14-12-/t13-/m1/s1. The normalized spacial score (nSPS) is 23.3. The van der Waals surface area contributed by atoms with Gasteiger partial charge in [0.1, 0.15) is 11.6 Å². The fourth-order valence-corrected chi connectivity index (χ4v) is 3.48. The maximum Gasteiger partial charge on any atom is 0.243 e. The Labute approximate surface area is 132 Å². The molecule has 1 fully saturated rings. The molecule has 5 heteroatoms. The number of nitrogens with zero attached hydrogens (tertiary/aromatic N) is 3. The maximum absolute atomic E-state index is 11.9. The molecule has 1 saturated carbocycles. The maximum atomic E-state index is 11.9. The van der Waals surface area contributed by atoms with Crippen molar-refractivity contribution in [2.45, 2.75) is 64.8 Å². The minimum Gasteiger partial charge on any atom is -0.352 e. The zero-order chi connectivity index (χ0) is 15.4. The number of hydrogen-bond acceptors (Lipinski definition) is 3. The number of nitrogens with one attached hydrogen (secondary N) is 1. The highest BCUT2D eigenvalue weighted by molar-refractivity contribution is 5.88. The molecule has 0 spiro atoms. The molecular weight excluding hydrogens is 276 g/mol. The minimum atomic E-state index is 0.0414. The molecule has 1 N–H and O–H groups in total. The van der Waals surface area contributed by atoms with E-state index < -0.39 is 0 Å². The van der Waals surface area contributed by atoms with Gasteiger partial charge in [0.2, 0.25) is 5.91 Å². The topological polar surface area (TPSA) is 59.8 Å². The Morgan fingerprint density at radius 1 is 1.32 bits per heavy atom. The van der Waals surface area contributed by atoms with Crippen LogP contribution in [0.4, 0.5) is 0 Å². The predicted octanol–water partition coefficient (Wildman–Crippen LogP) is 2.41. The Kier molecular flexibility index (Phi) is 4.90. The van der Waals surface area contributed by atoms with Gasteiger partial charge in [0.05, 0.1) is 0 Å². The first-order valence-corrected chi connectivity index (χ1v) is 8.60. The van der Waals surface area contributed by atoms with Crippen molar-refractivity contribution in [3.8, 4) is 0 Å². The lowest BCUT2D eigenvalue weighted by atomic mass is 10.1. The summed E-state index contributed by atoms with van der Waals surface area (Å²) in [7, 11) is 0. The van der Waals surface area contributed by atoms with Crippen LogP contribution in [0.2, 0.25) is 0 Å². The summed E-state index contributed by atoms with van der Waals surface area (Å²) in [6.45, 7) is 3.90. The van der Waals surface area contributed by atoms with Gasteiger partial charge in [-0.2, -0.15) is 0 Å². The van der Waals surface area contributed by atoms with Crippen LogP contribution in [0.1, 0.15) is 57.1 Å². The summed E-state index contributed by atoms with van der Waals surface area (Å²) < 4.78 is 2.25. The summed E-state index contributed by atoms with van der Waals surface area (Å²) >= 11 is 0. The Hall–Kier alpha value is -1.65. The third-order valence-corrected chi connectivity index (χ3v) is 4.74. The van der Waals surface area contributed by atoms with Crippen LogP contribution in [0.5, 0.6) is 0 Å². The summed E-state index contributed by atoms with van der Waals surface area (Å²) in [5, 5.41) is 11.6. The van der Waals surface area contributed by atoms with Crippen molar-refractivity contribution in [1.82, 2.24) is 20.1 Å². The first-order valence-electron chi connectivity index (χ1n) is 8.60. The molecular formula is C17H26N4O. The van der Waals surface area contributed by atoms with Crippen molar-refractivity contribution in [3.05, 3.63) is 23.3 Å². The lowest BCUT2D eigenvalue weighted by Gasteiger charge is -2.07. The predicted molar refractivity (Wildman–Crippen MR) is 85.4 cm³/mol. The highest BCUT2D eigenvalue weighted by atomic mass is 16.1. The quantitative estimate of drug-likeness (QED) is 0.869. The van der Waals surface area contributed by atoms with Crippen LogP contribution in [0, 0.1) is 5.92 Å². The first kappa shape index (κ1) is 15.3. The number of amides is 1. The van der Waals surface area contributed by atoms with E-state index >= 15 is 0 Å². The van der Waals surface area contributed by atoms with Gasteiger partial charge in [-0.1, -0.05) is 18.9 Å². The van der Waals surface area contributed by atoms with Gasteiger partial charge < -0.3 is 9.88 Å².